The largest absolute Gasteiger partial charge is 0.369 e. The number of carbonyl (C=O) groups is 1. The van der Waals surface area contributed by atoms with E-state index in [1.807, 2.05) is 30.3 Å². The van der Waals surface area contributed by atoms with E-state index >= 15 is 0 Å². The van der Waals surface area contributed by atoms with Crippen molar-refractivity contribution in [1.29, 1.82) is 0 Å². The molecule has 5 nitrogen and oxygen atoms in total. The van der Waals surface area contributed by atoms with Gasteiger partial charge in [-0.05, 0) is 42.0 Å². The molecule has 164 valence electrons. The average molecular weight is 467 g/mol. The highest BCUT2D eigenvalue weighted by molar-refractivity contribution is 6.36. The number of amides is 1. The van der Waals surface area contributed by atoms with Crippen molar-refractivity contribution < 1.29 is 4.79 Å². The van der Waals surface area contributed by atoms with Gasteiger partial charge in [-0.25, -0.2) is 5.43 Å². The first kappa shape index (κ1) is 22.3. The number of hydrogen-bond acceptors (Lipinski definition) is 4. The highest BCUT2D eigenvalue weighted by atomic mass is 35.5. The van der Waals surface area contributed by atoms with Gasteiger partial charge in [0.05, 0.1) is 11.2 Å². The summed E-state index contributed by atoms with van der Waals surface area (Å²) >= 11 is 12.0. The molecule has 7 heteroatoms. The summed E-state index contributed by atoms with van der Waals surface area (Å²) in [7, 11) is 0. The predicted octanol–water partition coefficient (Wildman–Crippen LogP) is 5.08. The van der Waals surface area contributed by atoms with Gasteiger partial charge in [0.25, 0.3) is 5.91 Å². The molecule has 0 radical (unpaired) electrons. The molecule has 1 fully saturated rings. The summed E-state index contributed by atoms with van der Waals surface area (Å²) in [5.74, 6) is -0.269. The summed E-state index contributed by atoms with van der Waals surface area (Å²) in [5.41, 5.74) is 6.24. The van der Waals surface area contributed by atoms with E-state index in [2.05, 4.69) is 44.6 Å². The first-order valence-electron chi connectivity index (χ1n) is 10.5. The highest BCUT2D eigenvalue weighted by Gasteiger charge is 2.17. The van der Waals surface area contributed by atoms with Crippen molar-refractivity contribution in [3.8, 4) is 0 Å². The number of carbonyl (C=O) groups excluding carboxylic acids is 1. The van der Waals surface area contributed by atoms with Crippen LogP contribution in [0.4, 0.5) is 5.69 Å². The molecule has 4 rings (SSSR count). The molecule has 1 N–H and O–H groups in total. The quantitative estimate of drug-likeness (QED) is 0.406. The van der Waals surface area contributed by atoms with Crippen LogP contribution in [0.2, 0.25) is 10.0 Å². The van der Waals surface area contributed by atoms with Gasteiger partial charge in [0, 0.05) is 54.6 Å². The fourth-order valence-corrected chi connectivity index (χ4v) is 4.11. The molecular weight excluding hydrogens is 443 g/mol. The van der Waals surface area contributed by atoms with Gasteiger partial charge in [-0.2, -0.15) is 5.10 Å². The number of nitrogens with zero attached hydrogens (tertiary/aromatic N) is 3. The van der Waals surface area contributed by atoms with Crippen molar-refractivity contribution >= 4 is 41.0 Å². The number of hydrogen-bond donors (Lipinski definition) is 1. The Hall–Kier alpha value is -2.86. The van der Waals surface area contributed by atoms with Crippen LogP contribution >= 0.6 is 23.2 Å². The zero-order valence-corrected chi connectivity index (χ0v) is 19.1. The Balaban J connectivity index is 1.26. The molecule has 0 aromatic heterocycles. The zero-order valence-electron chi connectivity index (χ0n) is 17.5. The SMILES string of the molecule is O=C(N/N=C/c1ccc(Cl)cc1Cl)c1ccc(CN2CCN(c3ccccc3)CC2)cc1. The molecule has 1 aliphatic heterocycles. The second kappa shape index (κ2) is 10.6. The minimum Gasteiger partial charge on any atom is -0.369 e. The maximum absolute atomic E-state index is 12.4. The monoisotopic (exact) mass is 466 g/mol. The maximum atomic E-state index is 12.4. The standard InChI is InChI=1S/C25H24Cl2N4O/c26-22-11-10-21(24(27)16-22)17-28-29-25(32)20-8-6-19(7-9-20)18-30-12-14-31(15-13-30)23-4-2-1-3-5-23/h1-11,16-17H,12-15,18H2,(H,29,32)/b28-17+. The van der Waals surface area contributed by atoms with Crippen LogP contribution < -0.4 is 10.3 Å². The molecule has 0 atom stereocenters. The van der Waals surface area contributed by atoms with E-state index in [4.69, 9.17) is 23.2 Å². The number of piperazine rings is 1. The van der Waals surface area contributed by atoms with Gasteiger partial charge in [-0.1, -0.05) is 59.6 Å². The van der Waals surface area contributed by atoms with E-state index in [0.717, 1.165) is 32.7 Å². The third-order valence-corrected chi connectivity index (χ3v) is 6.01. The van der Waals surface area contributed by atoms with Gasteiger partial charge in [-0.15, -0.1) is 0 Å². The van der Waals surface area contributed by atoms with Gasteiger partial charge in [0.15, 0.2) is 0 Å². The second-order valence-electron chi connectivity index (χ2n) is 7.66. The third-order valence-electron chi connectivity index (χ3n) is 5.45. The number of rotatable bonds is 6. The van der Waals surface area contributed by atoms with Crippen LogP contribution in [-0.4, -0.2) is 43.2 Å². The van der Waals surface area contributed by atoms with Gasteiger partial charge >= 0.3 is 0 Å². The van der Waals surface area contributed by atoms with Crippen LogP contribution in [0.15, 0.2) is 77.9 Å². The molecule has 0 spiro atoms. The Kier molecular flexibility index (Phi) is 7.43. The van der Waals surface area contributed by atoms with Gasteiger partial charge in [0.1, 0.15) is 0 Å². The highest BCUT2D eigenvalue weighted by Crippen LogP contribution is 2.19. The van der Waals surface area contributed by atoms with E-state index in [9.17, 15) is 4.79 Å². The molecule has 0 saturated carbocycles. The first-order chi connectivity index (χ1) is 15.6. The summed E-state index contributed by atoms with van der Waals surface area (Å²) < 4.78 is 0. The first-order valence-corrected chi connectivity index (χ1v) is 11.2. The smallest absolute Gasteiger partial charge is 0.271 e. The van der Waals surface area contributed by atoms with E-state index in [-0.39, 0.29) is 5.91 Å². The van der Waals surface area contributed by atoms with Crippen LogP contribution in [0.25, 0.3) is 0 Å². The molecule has 1 aliphatic rings. The van der Waals surface area contributed by atoms with Gasteiger partial charge in [-0.3, -0.25) is 9.69 Å². The van der Waals surface area contributed by atoms with E-state index in [1.54, 1.807) is 18.2 Å². The van der Waals surface area contributed by atoms with Crippen molar-refractivity contribution in [3.05, 3.63) is 99.5 Å². The zero-order chi connectivity index (χ0) is 22.3. The Labute approximate surface area is 198 Å². The van der Waals surface area contributed by atoms with E-state index < -0.39 is 0 Å². The van der Waals surface area contributed by atoms with Crippen molar-refractivity contribution in [2.24, 2.45) is 5.10 Å². The summed E-state index contributed by atoms with van der Waals surface area (Å²) in [6.07, 6.45) is 1.50. The Morgan fingerprint density at radius 1 is 0.938 bits per heavy atom. The topological polar surface area (TPSA) is 47.9 Å². The lowest BCUT2D eigenvalue weighted by molar-refractivity contribution is 0.0955. The predicted molar refractivity (Wildman–Crippen MR) is 132 cm³/mol. The maximum Gasteiger partial charge on any atom is 0.271 e. The fraction of sp³-hybridized carbons (Fsp3) is 0.200. The summed E-state index contributed by atoms with van der Waals surface area (Å²) in [6.45, 7) is 4.93. The number of nitrogens with one attached hydrogen (secondary N) is 1. The minimum atomic E-state index is -0.269. The Morgan fingerprint density at radius 2 is 1.66 bits per heavy atom. The summed E-state index contributed by atoms with van der Waals surface area (Å²) in [4.78, 5) is 17.2. The fourth-order valence-electron chi connectivity index (χ4n) is 3.65. The molecule has 0 aliphatic carbocycles. The number of hydrazone groups is 1. The molecule has 3 aromatic rings. The number of benzene rings is 3. The third kappa shape index (κ3) is 5.88. The van der Waals surface area contributed by atoms with Crippen LogP contribution in [0.5, 0.6) is 0 Å². The van der Waals surface area contributed by atoms with Crippen LogP contribution in [-0.2, 0) is 6.54 Å². The number of para-hydroxylation sites is 1. The molecule has 1 heterocycles. The average Bonchev–Trinajstić information content (AvgIpc) is 2.82. The van der Waals surface area contributed by atoms with Crippen molar-refractivity contribution in [1.82, 2.24) is 10.3 Å². The van der Waals surface area contributed by atoms with Gasteiger partial charge < -0.3 is 4.90 Å². The molecule has 0 bridgehead atoms. The Morgan fingerprint density at radius 3 is 2.34 bits per heavy atom. The molecule has 1 saturated heterocycles. The van der Waals surface area contributed by atoms with E-state index in [0.29, 0.717) is 21.2 Å². The van der Waals surface area contributed by atoms with E-state index in [1.165, 1.54) is 17.5 Å². The molecular formula is C25H24Cl2N4O. The lowest BCUT2D eigenvalue weighted by Gasteiger charge is -2.36. The van der Waals surface area contributed by atoms with Crippen LogP contribution in [0.3, 0.4) is 0 Å². The molecule has 32 heavy (non-hydrogen) atoms. The lowest BCUT2D eigenvalue weighted by atomic mass is 10.1. The summed E-state index contributed by atoms with van der Waals surface area (Å²) in [5, 5.41) is 5.02. The van der Waals surface area contributed by atoms with Crippen molar-refractivity contribution in [2.45, 2.75) is 6.54 Å². The van der Waals surface area contributed by atoms with Crippen molar-refractivity contribution in [2.75, 3.05) is 31.1 Å². The molecule has 3 aromatic carbocycles. The number of anilines is 1. The molecule has 0 unspecified atom stereocenters. The van der Waals surface area contributed by atoms with Gasteiger partial charge in [0.2, 0.25) is 0 Å². The van der Waals surface area contributed by atoms with Crippen molar-refractivity contribution in [3.63, 3.8) is 0 Å². The lowest BCUT2D eigenvalue weighted by Crippen LogP contribution is -2.45. The summed E-state index contributed by atoms with van der Waals surface area (Å²) in [6, 6.07) is 23.3. The Bertz CT molecular complexity index is 1080. The van der Waals surface area contributed by atoms with Crippen LogP contribution in [0, 0.1) is 0 Å². The minimum absolute atomic E-state index is 0.269. The number of halogens is 2. The molecule has 1 amide bonds. The van der Waals surface area contributed by atoms with Crippen LogP contribution in [0.1, 0.15) is 21.5 Å². The normalized spacial score (nSPS) is 14.6. The second-order valence-corrected chi connectivity index (χ2v) is 8.50.